The molecule has 0 saturated carbocycles. The van der Waals surface area contributed by atoms with Gasteiger partial charge in [0.2, 0.25) is 0 Å². The average molecular weight is 214 g/mol. The Kier molecular flexibility index (Phi) is 2.39. The van der Waals surface area contributed by atoms with Gasteiger partial charge in [0.1, 0.15) is 11.4 Å². The maximum Gasteiger partial charge on any atom is 0.119 e. The third-order valence-corrected chi connectivity index (χ3v) is 2.84. The van der Waals surface area contributed by atoms with Gasteiger partial charge in [-0.3, -0.25) is 0 Å². The normalized spacial score (nSPS) is 18.8. The maximum absolute atomic E-state index is 10.1. The highest BCUT2D eigenvalue weighted by molar-refractivity contribution is 6.31. The number of aliphatic hydroxyl groups is 1. The Morgan fingerprint density at radius 3 is 2.71 bits per heavy atom. The number of halogens is 1. The van der Waals surface area contributed by atoms with Crippen LogP contribution in [0.5, 0.6) is 5.75 Å². The molecule has 3 nitrogen and oxygen atoms in total. The smallest absolute Gasteiger partial charge is 0.119 e. The van der Waals surface area contributed by atoms with Crippen molar-refractivity contribution < 1.29 is 9.84 Å². The average Bonchev–Trinajstić information content (AvgIpc) is 2.15. The van der Waals surface area contributed by atoms with E-state index in [2.05, 4.69) is 5.32 Å². The molecule has 14 heavy (non-hydrogen) atoms. The summed E-state index contributed by atoms with van der Waals surface area (Å²) in [6.07, 6.45) is 0. The molecular weight excluding hydrogens is 202 g/mol. The molecule has 1 aliphatic heterocycles. The Morgan fingerprint density at radius 2 is 2.21 bits per heavy atom. The van der Waals surface area contributed by atoms with Crippen LogP contribution in [0.4, 0.5) is 0 Å². The minimum atomic E-state index is -0.828. The molecular formula is C10H12ClNO2. The summed E-state index contributed by atoms with van der Waals surface area (Å²) in [5, 5.41) is 13.7. The van der Waals surface area contributed by atoms with E-state index in [-0.39, 0.29) is 0 Å². The minimum absolute atomic E-state index is 0.542. The van der Waals surface area contributed by atoms with Gasteiger partial charge in [0, 0.05) is 23.7 Å². The fourth-order valence-corrected chi connectivity index (χ4v) is 1.83. The molecule has 0 amide bonds. The molecule has 0 unspecified atom stereocenters. The van der Waals surface area contributed by atoms with Gasteiger partial charge in [-0.15, -0.1) is 0 Å². The summed E-state index contributed by atoms with van der Waals surface area (Å²) in [7, 11) is 1.59. The van der Waals surface area contributed by atoms with Crippen LogP contribution in [0.3, 0.4) is 0 Å². The van der Waals surface area contributed by atoms with Crippen LogP contribution >= 0.6 is 11.6 Å². The highest BCUT2D eigenvalue weighted by atomic mass is 35.5. The van der Waals surface area contributed by atoms with Crippen LogP contribution in [0, 0.1) is 0 Å². The summed E-state index contributed by atoms with van der Waals surface area (Å²) in [4.78, 5) is 0. The monoisotopic (exact) mass is 213 g/mol. The van der Waals surface area contributed by atoms with Gasteiger partial charge in [0.15, 0.2) is 0 Å². The van der Waals surface area contributed by atoms with Crippen LogP contribution < -0.4 is 10.1 Å². The van der Waals surface area contributed by atoms with Crippen molar-refractivity contribution in [1.82, 2.24) is 5.32 Å². The van der Waals surface area contributed by atoms with Gasteiger partial charge in [-0.2, -0.15) is 0 Å². The van der Waals surface area contributed by atoms with Crippen molar-refractivity contribution in [2.24, 2.45) is 0 Å². The highest BCUT2D eigenvalue weighted by Crippen LogP contribution is 2.33. The molecule has 2 N–H and O–H groups in total. The van der Waals surface area contributed by atoms with Gasteiger partial charge in [-0.05, 0) is 18.2 Å². The molecule has 0 aliphatic carbocycles. The van der Waals surface area contributed by atoms with E-state index in [0.29, 0.717) is 23.9 Å². The van der Waals surface area contributed by atoms with E-state index >= 15 is 0 Å². The van der Waals surface area contributed by atoms with Crippen molar-refractivity contribution in [2.45, 2.75) is 5.60 Å². The number of hydrogen-bond donors (Lipinski definition) is 2. The van der Waals surface area contributed by atoms with Crippen molar-refractivity contribution in [3.63, 3.8) is 0 Å². The summed E-state index contributed by atoms with van der Waals surface area (Å²) >= 11 is 6.01. The molecule has 1 aliphatic rings. The topological polar surface area (TPSA) is 41.5 Å². The third kappa shape index (κ3) is 1.47. The van der Waals surface area contributed by atoms with E-state index in [9.17, 15) is 5.11 Å². The number of nitrogens with one attached hydrogen (secondary N) is 1. The Bertz CT molecular complexity index is 350. The summed E-state index contributed by atoms with van der Waals surface area (Å²) in [6, 6.07) is 5.30. The molecule has 1 aromatic carbocycles. The van der Waals surface area contributed by atoms with E-state index < -0.39 is 5.60 Å². The second-order valence-electron chi connectivity index (χ2n) is 3.48. The number of rotatable bonds is 2. The zero-order valence-corrected chi connectivity index (χ0v) is 8.64. The lowest BCUT2D eigenvalue weighted by atomic mass is 9.88. The highest BCUT2D eigenvalue weighted by Gasteiger charge is 2.38. The quantitative estimate of drug-likeness (QED) is 0.774. The van der Waals surface area contributed by atoms with Crippen molar-refractivity contribution in [1.29, 1.82) is 0 Å². The number of benzene rings is 1. The fourth-order valence-electron chi connectivity index (χ4n) is 1.54. The first kappa shape index (κ1) is 9.77. The second-order valence-corrected chi connectivity index (χ2v) is 3.89. The first-order chi connectivity index (χ1) is 6.65. The summed E-state index contributed by atoms with van der Waals surface area (Å²) in [5.74, 6) is 0.713. The van der Waals surface area contributed by atoms with Crippen LogP contribution in [0.1, 0.15) is 5.56 Å². The van der Waals surface area contributed by atoms with Crippen LogP contribution in [-0.2, 0) is 5.60 Å². The standard InChI is InChI=1S/C10H12ClNO2/c1-14-7-2-3-9(11)8(4-7)10(13)5-12-6-10/h2-4,12-13H,5-6H2,1H3. The zero-order valence-electron chi connectivity index (χ0n) is 7.88. The first-order valence-corrected chi connectivity index (χ1v) is 4.81. The number of methoxy groups -OCH3 is 1. The molecule has 0 bridgehead atoms. The van der Waals surface area contributed by atoms with Crippen LogP contribution in [0.2, 0.25) is 5.02 Å². The summed E-state index contributed by atoms with van der Waals surface area (Å²) in [6.45, 7) is 1.08. The SMILES string of the molecule is COc1ccc(Cl)c(C2(O)CNC2)c1. The number of ether oxygens (including phenoxy) is 1. The molecule has 0 atom stereocenters. The van der Waals surface area contributed by atoms with Gasteiger partial charge < -0.3 is 15.2 Å². The Morgan fingerprint density at radius 1 is 1.50 bits per heavy atom. The second kappa shape index (κ2) is 3.42. The Hall–Kier alpha value is -0.770. The van der Waals surface area contributed by atoms with Crippen molar-refractivity contribution >= 4 is 11.6 Å². The predicted molar refractivity (Wildman–Crippen MR) is 54.8 cm³/mol. The molecule has 1 saturated heterocycles. The van der Waals surface area contributed by atoms with Crippen molar-refractivity contribution in [2.75, 3.05) is 20.2 Å². The van der Waals surface area contributed by atoms with Gasteiger partial charge in [-0.25, -0.2) is 0 Å². The van der Waals surface area contributed by atoms with Gasteiger partial charge in [0.05, 0.1) is 7.11 Å². The predicted octanol–water partition coefficient (Wildman–Crippen LogP) is 1.14. The minimum Gasteiger partial charge on any atom is -0.497 e. The zero-order chi connectivity index (χ0) is 10.2. The lowest BCUT2D eigenvalue weighted by Crippen LogP contribution is -2.56. The fraction of sp³-hybridized carbons (Fsp3) is 0.400. The van der Waals surface area contributed by atoms with Crippen molar-refractivity contribution in [3.05, 3.63) is 28.8 Å². The number of β-amino-alcohol motifs (C(OH)–C–C–N with tert-alkyl or cyclic N) is 1. The molecule has 1 fully saturated rings. The molecule has 2 rings (SSSR count). The lowest BCUT2D eigenvalue weighted by Gasteiger charge is -2.38. The van der Waals surface area contributed by atoms with Gasteiger partial charge >= 0.3 is 0 Å². The van der Waals surface area contributed by atoms with Gasteiger partial charge in [-0.1, -0.05) is 11.6 Å². The molecule has 4 heteroatoms. The Balaban J connectivity index is 2.40. The van der Waals surface area contributed by atoms with Crippen LogP contribution in [-0.4, -0.2) is 25.3 Å². The van der Waals surface area contributed by atoms with E-state index in [0.717, 1.165) is 5.56 Å². The summed E-state index contributed by atoms with van der Waals surface area (Å²) in [5.41, 5.74) is -0.0942. The van der Waals surface area contributed by atoms with E-state index in [1.165, 1.54) is 0 Å². The molecule has 0 aromatic heterocycles. The first-order valence-electron chi connectivity index (χ1n) is 4.43. The van der Waals surface area contributed by atoms with Gasteiger partial charge in [0.25, 0.3) is 0 Å². The Labute approximate surface area is 87.6 Å². The molecule has 0 spiro atoms. The van der Waals surface area contributed by atoms with E-state index in [4.69, 9.17) is 16.3 Å². The third-order valence-electron chi connectivity index (χ3n) is 2.51. The molecule has 76 valence electrons. The van der Waals surface area contributed by atoms with E-state index in [1.54, 1.807) is 25.3 Å². The van der Waals surface area contributed by atoms with Crippen LogP contribution in [0.25, 0.3) is 0 Å². The maximum atomic E-state index is 10.1. The summed E-state index contributed by atoms with van der Waals surface area (Å²) < 4.78 is 5.08. The largest absolute Gasteiger partial charge is 0.497 e. The number of hydrogen-bond acceptors (Lipinski definition) is 3. The lowest BCUT2D eigenvalue weighted by molar-refractivity contribution is -0.0147. The molecule has 0 radical (unpaired) electrons. The molecule has 1 aromatic rings. The van der Waals surface area contributed by atoms with E-state index in [1.807, 2.05) is 0 Å². The van der Waals surface area contributed by atoms with Crippen molar-refractivity contribution in [3.8, 4) is 5.75 Å². The molecule has 1 heterocycles. The van der Waals surface area contributed by atoms with Crippen LogP contribution in [0.15, 0.2) is 18.2 Å².